The monoisotopic (exact) mass is 261 g/mol. The predicted molar refractivity (Wildman–Crippen MR) is 72.9 cm³/mol. The summed E-state index contributed by atoms with van der Waals surface area (Å²) < 4.78 is 18.8. The van der Waals surface area contributed by atoms with Gasteiger partial charge in [0.05, 0.1) is 7.11 Å². The second-order valence-electron chi connectivity index (χ2n) is 4.09. The molecule has 2 rings (SSSR count). The Balaban J connectivity index is 2.61. The van der Waals surface area contributed by atoms with Crippen molar-refractivity contribution in [2.75, 3.05) is 19.0 Å². The van der Waals surface area contributed by atoms with Gasteiger partial charge in [0, 0.05) is 12.1 Å². The number of aryl methyl sites for hydroxylation is 1. The third-order valence-electron chi connectivity index (χ3n) is 2.81. The molecule has 0 amide bonds. The lowest BCUT2D eigenvalue weighted by atomic mass is 10.0. The summed E-state index contributed by atoms with van der Waals surface area (Å²) in [6.07, 6.45) is 1.44. The average Bonchev–Trinajstić information content (AvgIpc) is 2.41. The third kappa shape index (κ3) is 2.65. The predicted octanol–water partition coefficient (Wildman–Crippen LogP) is 3.03. The van der Waals surface area contributed by atoms with Gasteiger partial charge in [0.1, 0.15) is 17.8 Å². The largest absolute Gasteiger partial charge is 0.491 e. The molecule has 5 heteroatoms. The van der Waals surface area contributed by atoms with E-state index >= 15 is 0 Å². The highest BCUT2D eigenvalue weighted by Crippen LogP contribution is 2.34. The van der Waals surface area contributed by atoms with Crippen molar-refractivity contribution in [3.63, 3.8) is 0 Å². The van der Waals surface area contributed by atoms with Gasteiger partial charge in [-0.2, -0.15) is 0 Å². The molecule has 0 radical (unpaired) electrons. The van der Waals surface area contributed by atoms with Crippen molar-refractivity contribution in [1.29, 1.82) is 0 Å². The van der Waals surface area contributed by atoms with Crippen molar-refractivity contribution >= 4 is 5.82 Å². The SMILES string of the molecule is CCNc1ncnc(-c2cc(F)ccc2C)c1OC. The zero-order chi connectivity index (χ0) is 13.8. The molecule has 0 saturated carbocycles. The highest BCUT2D eigenvalue weighted by molar-refractivity contribution is 5.74. The number of methoxy groups -OCH3 is 1. The van der Waals surface area contributed by atoms with E-state index in [1.165, 1.54) is 18.5 Å². The molecule has 4 nitrogen and oxygen atoms in total. The molecule has 0 bridgehead atoms. The van der Waals surface area contributed by atoms with Gasteiger partial charge in [-0.25, -0.2) is 14.4 Å². The van der Waals surface area contributed by atoms with Crippen LogP contribution in [0.1, 0.15) is 12.5 Å². The van der Waals surface area contributed by atoms with Crippen LogP contribution in [-0.2, 0) is 0 Å². The third-order valence-corrected chi connectivity index (χ3v) is 2.81. The summed E-state index contributed by atoms with van der Waals surface area (Å²) >= 11 is 0. The van der Waals surface area contributed by atoms with Crippen molar-refractivity contribution in [2.45, 2.75) is 13.8 Å². The minimum absolute atomic E-state index is 0.300. The number of ether oxygens (including phenoxy) is 1. The summed E-state index contributed by atoms with van der Waals surface area (Å²) in [5, 5.41) is 3.10. The van der Waals surface area contributed by atoms with Crippen LogP contribution >= 0.6 is 0 Å². The maximum absolute atomic E-state index is 13.4. The van der Waals surface area contributed by atoms with Gasteiger partial charge in [0.15, 0.2) is 11.6 Å². The van der Waals surface area contributed by atoms with Gasteiger partial charge in [-0.1, -0.05) is 6.07 Å². The Morgan fingerprint density at radius 3 is 2.79 bits per heavy atom. The lowest BCUT2D eigenvalue weighted by Gasteiger charge is -2.13. The number of anilines is 1. The normalized spacial score (nSPS) is 10.3. The number of hydrogen-bond acceptors (Lipinski definition) is 4. The molecule has 100 valence electrons. The first-order chi connectivity index (χ1) is 9.17. The standard InChI is InChI=1S/C14H16FN3O/c1-4-16-14-13(19-3)12(17-8-18-14)11-7-10(15)6-5-9(11)2/h5-8H,4H2,1-3H3,(H,16,17,18). The van der Waals surface area contributed by atoms with Crippen LogP contribution in [0.3, 0.4) is 0 Å². The first-order valence-corrected chi connectivity index (χ1v) is 6.06. The summed E-state index contributed by atoms with van der Waals surface area (Å²) in [6.45, 7) is 4.59. The molecule has 1 heterocycles. The fraction of sp³-hybridized carbons (Fsp3) is 0.286. The second-order valence-corrected chi connectivity index (χ2v) is 4.09. The first kappa shape index (κ1) is 13.3. The maximum Gasteiger partial charge on any atom is 0.187 e. The Labute approximate surface area is 111 Å². The van der Waals surface area contributed by atoms with Gasteiger partial charge >= 0.3 is 0 Å². The van der Waals surface area contributed by atoms with Crippen molar-refractivity contribution in [3.05, 3.63) is 35.9 Å². The average molecular weight is 261 g/mol. The number of benzene rings is 1. The summed E-state index contributed by atoms with van der Waals surface area (Å²) in [5.41, 5.74) is 2.23. The Hall–Kier alpha value is -2.17. The molecule has 0 aliphatic rings. The van der Waals surface area contributed by atoms with Gasteiger partial charge in [0.25, 0.3) is 0 Å². The lowest BCUT2D eigenvalue weighted by molar-refractivity contribution is 0.414. The van der Waals surface area contributed by atoms with Crippen molar-refractivity contribution in [3.8, 4) is 17.0 Å². The topological polar surface area (TPSA) is 47.0 Å². The molecule has 0 saturated heterocycles. The van der Waals surface area contributed by atoms with Crippen molar-refractivity contribution in [2.24, 2.45) is 0 Å². The molecule has 1 aromatic carbocycles. The highest BCUT2D eigenvalue weighted by Gasteiger charge is 2.15. The van der Waals surface area contributed by atoms with E-state index in [1.54, 1.807) is 13.2 Å². The quantitative estimate of drug-likeness (QED) is 0.919. The Morgan fingerprint density at radius 2 is 2.11 bits per heavy atom. The Bertz CT molecular complexity index is 587. The van der Waals surface area contributed by atoms with E-state index in [0.717, 1.165) is 12.1 Å². The fourth-order valence-electron chi connectivity index (χ4n) is 1.90. The van der Waals surface area contributed by atoms with E-state index in [1.807, 2.05) is 13.8 Å². The molecule has 0 atom stereocenters. The van der Waals surface area contributed by atoms with E-state index in [4.69, 9.17) is 4.74 Å². The van der Waals surface area contributed by atoms with Crippen molar-refractivity contribution < 1.29 is 9.13 Å². The van der Waals surface area contributed by atoms with E-state index < -0.39 is 0 Å². The van der Waals surface area contributed by atoms with E-state index in [0.29, 0.717) is 22.8 Å². The summed E-state index contributed by atoms with van der Waals surface area (Å²) in [4.78, 5) is 8.36. The number of nitrogens with zero attached hydrogens (tertiary/aromatic N) is 2. The second kappa shape index (κ2) is 5.65. The number of hydrogen-bond donors (Lipinski definition) is 1. The van der Waals surface area contributed by atoms with Crippen LogP contribution in [0.25, 0.3) is 11.3 Å². The molecular weight excluding hydrogens is 245 g/mol. The van der Waals surface area contributed by atoms with Gasteiger partial charge in [-0.15, -0.1) is 0 Å². The van der Waals surface area contributed by atoms with Crippen LogP contribution in [0.2, 0.25) is 0 Å². The fourth-order valence-corrected chi connectivity index (χ4v) is 1.90. The molecule has 2 aromatic rings. The van der Waals surface area contributed by atoms with Crippen LogP contribution in [-0.4, -0.2) is 23.6 Å². The molecule has 0 spiro atoms. The molecule has 0 fully saturated rings. The van der Waals surface area contributed by atoms with Gasteiger partial charge < -0.3 is 10.1 Å². The van der Waals surface area contributed by atoms with Crippen molar-refractivity contribution in [1.82, 2.24) is 9.97 Å². The summed E-state index contributed by atoms with van der Waals surface area (Å²) in [6, 6.07) is 4.60. The molecule has 19 heavy (non-hydrogen) atoms. The van der Waals surface area contributed by atoms with Gasteiger partial charge in [-0.3, -0.25) is 0 Å². The maximum atomic E-state index is 13.4. The smallest absolute Gasteiger partial charge is 0.187 e. The summed E-state index contributed by atoms with van der Waals surface area (Å²) in [7, 11) is 1.55. The van der Waals surface area contributed by atoms with Crippen LogP contribution in [0.4, 0.5) is 10.2 Å². The molecule has 1 aromatic heterocycles. The number of nitrogens with one attached hydrogen (secondary N) is 1. The first-order valence-electron chi connectivity index (χ1n) is 6.06. The molecule has 0 aliphatic heterocycles. The van der Waals surface area contributed by atoms with E-state index in [-0.39, 0.29) is 5.82 Å². The number of rotatable bonds is 4. The lowest BCUT2D eigenvalue weighted by Crippen LogP contribution is -2.04. The zero-order valence-corrected chi connectivity index (χ0v) is 11.2. The van der Waals surface area contributed by atoms with Crippen LogP contribution in [0, 0.1) is 12.7 Å². The minimum atomic E-state index is -0.300. The molecule has 1 N–H and O–H groups in total. The molecule has 0 unspecified atom stereocenters. The molecule has 0 aliphatic carbocycles. The van der Waals surface area contributed by atoms with Crippen LogP contribution in [0.5, 0.6) is 5.75 Å². The number of aromatic nitrogens is 2. The Morgan fingerprint density at radius 1 is 1.32 bits per heavy atom. The van der Waals surface area contributed by atoms with E-state index in [9.17, 15) is 4.39 Å². The molecular formula is C14H16FN3O. The zero-order valence-electron chi connectivity index (χ0n) is 11.2. The van der Waals surface area contributed by atoms with Gasteiger partial charge in [-0.05, 0) is 31.5 Å². The van der Waals surface area contributed by atoms with E-state index in [2.05, 4.69) is 15.3 Å². The van der Waals surface area contributed by atoms with Crippen LogP contribution in [0.15, 0.2) is 24.5 Å². The Kier molecular flexibility index (Phi) is 3.94. The minimum Gasteiger partial charge on any atom is -0.491 e. The van der Waals surface area contributed by atoms with Crippen LogP contribution < -0.4 is 10.1 Å². The van der Waals surface area contributed by atoms with Gasteiger partial charge in [0.2, 0.25) is 0 Å². The number of halogens is 1. The summed E-state index contributed by atoms with van der Waals surface area (Å²) in [5.74, 6) is 0.836. The highest BCUT2D eigenvalue weighted by atomic mass is 19.1.